The van der Waals surface area contributed by atoms with Gasteiger partial charge in [-0.15, -0.1) is 0 Å². The van der Waals surface area contributed by atoms with Crippen LogP contribution in [0.5, 0.6) is 5.75 Å². The predicted molar refractivity (Wildman–Crippen MR) is 129 cm³/mol. The molecule has 0 bridgehead atoms. The van der Waals surface area contributed by atoms with E-state index in [1.165, 1.54) is 22.9 Å². The summed E-state index contributed by atoms with van der Waals surface area (Å²) in [5.74, 6) is -0.800. The summed E-state index contributed by atoms with van der Waals surface area (Å²) in [4.78, 5) is 39.0. The van der Waals surface area contributed by atoms with Crippen LogP contribution < -0.4 is 15.5 Å². The summed E-state index contributed by atoms with van der Waals surface area (Å²) < 4.78 is 20.6. The Morgan fingerprint density at radius 3 is 2.35 bits per heavy atom. The number of nitrogens with zero attached hydrogens (tertiary/aromatic N) is 1. The molecule has 3 aromatic carbocycles. The first-order chi connectivity index (χ1) is 16.4. The second-order valence-corrected chi connectivity index (χ2v) is 7.82. The number of methoxy groups -OCH3 is 1. The Morgan fingerprint density at radius 2 is 1.71 bits per heavy atom. The van der Waals surface area contributed by atoms with Gasteiger partial charge in [-0.3, -0.25) is 14.4 Å². The molecule has 0 aliphatic rings. The summed E-state index contributed by atoms with van der Waals surface area (Å²) in [6, 6.07) is 17.5. The molecule has 6 nitrogen and oxygen atoms in total. The minimum atomic E-state index is -0.601. The number of carbonyl (C=O) groups excluding carboxylic acids is 2. The molecule has 172 valence electrons. The fourth-order valence-electron chi connectivity index (χ4n) is 3.74. The highest BCUT2D eigenvalue weighted by molar-refractivity contribution is 6.10. The summed E-state index contributed by atoms with van der Waals surface area (Å²) in [5.41, 5.74) is 1.62. The SMILES string of the molecule is CCc1ccc(C(=O)c2cn(CC(=O)Nc3ccc(OC)cc3)c3ccc(F)cc3c2=O)cc1. The summed E-state index contributed by atoms with van der Waals surface area (Å²) in [5, 5.41) is 2.81. The van der Waals surface area contributed by atoms with Crippen molar-refractivity contribution in [2.75, 3.05) is 12.4 Å². The van der Waals surface area contributed by atoms with Crippen LogP contribution in [0.3, 0.4) is 0 Å². The highest BCUT2D eigenvalue weighted by atomic mass is 19.1. The number of nitrogens with one attached hydrogen (secondary N) is 1. The lowest BCUT2D eigenvalue weighted by molar-refractivity contribution is -0.116. The van der Waals surface area contributed by atoms with Gasteiger partial charge >= 0.3 is 0 Å². The van der Waals surface area contributed by atoms with Crippen molar-refractivity contribution in [3.05, 3.63) is 106 Å². The fourth-order valence-corrected chi connectivity index (χ4v) is 3.74. The summed E-state index contributed by atoms with van der Waals surface area (Å²) >= 11 is 0. The molecule has 0 aliphatic carbocycles. The van der Waals surface area contributed by atoms with Crippen molar-refractivity contribution in [2.24, 2.45) is 0 Å². The second-order valence-electron chi connectivity index (χ2n) is 7.82. The minimum Gasteiger partial charge on any atom is -0.497 e. The van der Waals surface area contributed by atoms with Crippen LogP contribution in [0.15, 0.2) is 77.7 Å². The van der Waals surface area contributed by atoms with Crippen LogP contribution in [0.4, 0.5) is 10.1 Å². The Morgan fingerprint density at radius 1 is 1.00 bits per heavy atom. The van der Waals surface area contributed by atoms with Crippen molar-refractivity contribution in [2.45, 2.75) is 19.9 Å². The highest BCUT2D eigenvalue weighted by Crippen LogP contribution is 2.18. The first-order valence-corrected chi connectivity index (χ1v) is 10.8. The normalized spacial score (nSPS) is 10.8. The van der Waals surface area contributed by atoms with Gasteiger partial charge < -0.3 is 14.6 Å². The molecule has 4 aromatic rings. The number of hydrogen-bond donors (Lipinski definition) is 1. The van der Waals surface area contributed by atoms with E-state index in [9.17, 15) is 18.8 Å². The third kappa shape index (κ3) is 4.73. The Hall–Kier alpha value is -4.26. The third-order valence-corrected chi connectivity index (χ3v) is 5.60. The van der Waals surface area contributed by atoms with E-state index in [4.69, 9.17) is 4.74 Å². The fraction of sp³-hybridized carbons (Fsp3) is 0.148. The van der Waals surface area contributed by atoms with E-state index >= 15 is 0 Å². The number of aryl methyl sites for hydroxylation is 1. The van der Waals surface area contributed by atoms with Crippen molar-refractivity contribution in [1.29, 1.82) is 0 Å². The Balaban J connectivity index is 1.71. The van der Waals surface area contributed by atoms with Gasteiger partial charge in [-0.05, 0) is 54.4 Å². The maximum atomic E-state index is 14.0. The lowest BCUT2D eigenvalue weighted by atomic mass is 10.0. The second kappa shape index (κ2) is 9.70. The molecule has 1 aromatic heterocycles. The Bertz CT molecular complexity index is 1420. The molecule has 1 amide bonds. The molecule has 1 N–H and O–H groups in total. The van der Waals surface area contributed by atoms with Crippen LogP contribution in [0, 0.1) is 5.82 Å². The van der Waals surface area contributed by atoms with Crippen molar-refractivity contribution < 1.29 is 18.7 Å². The van der Waals surface area contributed by atoms with Crippen molar-refractivity contribution in [3.8, 4) is 5.75 Å². The molecule has 4 rings (SSSR count). The molecule has 1 heterocycles. The number of pyridine rings is 1. The lowest BCUT2D eigenvalue weighted by Gasteiger charge is -2.14. The smallest absolute Gasteiger partial charge is 0.244 e. The summed E-state index contributed by atoms with van der Waals surface area (Å²) in [6.07, 6.45) is 2.19. The van der Waals surface area contributed by atoms with Gasteiger partial charge in [0.1, 0.15) is 18.1 Å². The zero-order chi connectivity index (χ0) is 24.2. The standard InChI is InChI=1S/C27H23FN2O4/c1-3-17-4-6-18(7-5-17)26(32)23-15-30(24-13-8-19(28)14-22(24)27(23)33)16-25(31)29-20-9-11-21(34-2)12-10-20/h4-15H,3,16H2,1-2H3,(H,29,31). The van der Waals surface area contributed by atoms with Crippen LogP contribution in [0.1, 0.15) is 28.4 Å². The van der Waals surface area contributed by atoms with E-state index in [-0.39, 0.29) is 23.4 Å². The molecule has 0 aliphatic heterocycles. The Kier molecular flexibility index (Phi) is 6.54. The molecule has 0 unspecified atom stereocenters. The number of ketones is 1. The topological polar surface area (TPSA) is 77.4 Å². The number of anilines is 1. The maximum absolute atomic E-state index is 14.0. The van der Waals surface area contributed by atoms with Gasteiger partial charge in [0, 0.05) is 22.8 Å². The van der Waals surface area contributed by atoms with Gasteiger partial charge in [0.15, 0.2) is 5.78 Å². The molecule has 0 radical (unpaired) electrons. The lowest BCUT2D eigenvalue weighted by Crippen LogP contribution is -2.24. The van der Waals surface area contributed by atoms with Crippen molar-refractivity contribution in [3.63, 3.8) is 0 Å². The number of carbonyl (C=O) groups is 2. The van der Waals surface area contributed by atoms with E-state index in [0.29, 0.717) is 22.5 Å². The molecule has 0 saturated carbocycles. The van der Waals surface area contributed by atoms with Crippen LogP contribution in [0.25, 0.3) is 10.9 Å². The zero-order valence-electron chi connectivity index (χ0n) is 18.8. The van der Waals surface area contributed by atoms with E-state index in [1.54, 1.807) is 43.5 Å². The van der Waals surface area contributed by atoms with Gasteiger partial charge in [0.25, 0.3) is 0 Å². The minimum absolute atomic E-state index is 0.0354. The third-order valence-electron chi connectivity index (χ3n) is 5.60. The van der Waals surface area contributed by atoms with Crippen LogP contribution in [-0.4, -0.2) is 23.4 Å². The van der Waals surface area contributed by atoms with E-state index in [2.05, 4.69) is 5.32 Å². The number of amides is 1. The monoisotopic (exact) mass is 458 g/mol. The quantitative estimate of drug-likeness (QED) is 0.411. The molecule has 0 saturated heterocycles. The zero-order valence-corrected chi connectivity index (χ0v) is 18.8. The Labute approximate surface area is 195 Å². The van der Waals surface area contributed by atoms with Gasteiger partial charge in [-0.2, -0.15) is 0 Å². The van der Waals surface area contributed by atoms with Crippen LogP contribution in [0.2, 0.25) is 0 Å². The predicted octanol–water partition coefficient (Wildman–Crippen LogP) is 4.58. The average Bonchev–Trinajstić information content (AvgIpc) is 2.85. The molecule has 0 fully saturated rings. The van der Waals surface area contributed by atoms with E-state index in [0.717, 1.165) is 18.1 Å². The first kappa shape index (κ1) is 22.9. The molecule has 0 atom stereocenters. The molecular formula is C27H23FN2O4. The van der Waals surface area contributed by atoms with Gasteiger partial charge in [0.05, 0.1) is 18.2 Å². The number of benzene rings is 3. The molecular weight excluding hydrogens is 435 g/mol. The maximum Gasteiger partial charge on any atom is 0.244 e. The van der Waals surface area contributed by atoms with Gasteiger partial charge in [0.2, 0.25) is 11.3 Å². The number of halogens is 1. The van der Waals surface area contributed by atoms with Crippen LogP contribution in [-0.2, 0) is 17.8 Å². The average molecular weight is 458 g/mol. The van der Waals surface area contributed by atoms with E-state index in [1.807, 2.05) is 19.1 Å². The highest BCUT2D eigenvalue weighted by Gasteiger charge is 2.19. The summed E-state index contributed by atoms with van der Waals surface area (Å²) in [6.45, 7) is 1.83. The van der Waals surface area contributed by atoms with Crippen molar-refractivity contribution in [1.82, 2.24) is 4.57 Å². The molecule has 7 heteroatoms. The number of ether oxygens (including phenoxy) is 1. The first-order valence-electron chi connectivity index (χ1n) is 10.8. The summed E-state index contributed by atoms with van der Waals surface area (Å²) in [7, 11) is 1.55. The molecule has 34 heavy (non-hydrogen) atoms. The van der Waals surface area contributed by atoms with Crippen molar-refractivity contribution >= 4 is 28.3 Å². The number of rotatable bonds is 7. The van der Waals surface area contributed by atoms with Gasteiger partial charge in [-0.25, -0.2) is 4.39 Å². The van der Waals surface area contributed by atoms with E-state index < -0.39 is 17.0 Å². The van der Waals surface area contributed by atoms with Crippen LogP contribution >= 0.6 is 0 Å². The van der Waals surface area contributed by atoms with Gasteiger partial charge in [-0.1, -0.05) is 31.2 Å². The molecule has 0 spiro atoms. The number of fused-ring (bicyclic) bond motifs is 1. The largest absolute Gasteiger partial charge is 0.497 e. The number of aromatic nitrogens is 1. The number of hydrogen-bond acceptors (Lipinski definition) is 4.